The third-order valence-electron chi connectivity index (χ3n) is 3.96. The highest BCUT2D eigenvalue weighted by molar-refractivity contribution is 5.87. The van der Waals surface area contributed by atoms with Crippen LogP contribution in [0.1, 0.15) is 34.5 Å². The van der Waals surface area contributed by atoms with E-state index in [-0.39, 0.29) is 11.5 Å². The van der Waals surface area contributed by atoms with Crippen LogP contribution in [0.4, 0.5) is 4.39 Å². The molecule has 0 spiro atoms. The standard InChI is InChI=1S/C17H16FNO3/c1-21-16(20)15-8-5-13(11-19-15)17(9-2-10-22-17)12-3-6-14(18)7-4-12/h3-8,11H,2,9-10H2,1H3. The molecule has 1 aliphatic rings. The fraction of sp³-hybridized carbons (Fsp3) is 0.294. The number of nitrogens with zero attached hydrogens (tertiary/aromatic N) is 1. The molecule has 0 saturated carbocycles. The maximum atomic E-state index is 13.2. The van der Waals surface area contributed by atoms with Crippen LogP contribution in [0.2, 0.25) is 0 Å². The molecule has 0 amide bonds. The predicted molar refractivity (Wildman–Crippen MR) is 77.9 cm³/mol. The summed E-state index contributed by atoms with van der Waals surface area (Å²) < 4.78 is 23.8. The lowest BCUT2D eigenvalue weighted by Crippen LogP contribution is -2.27. The molecule has 5 heteroatoms. The lowest BCUT2D eigenvalue weighted by molar-refractivity contribution is 0.0355. The number of ether oxygens (including phenoxy) is 2. The molecule has 1 atom stereocenters. The number of halogens is 1. The summed E-state index contributed by atoms with van der Waals surface area (Å²) in [6.07, 6.45) is 3.33. The lowest BCUT2D eigenvalue weighted by atomic mass is 9.85. The molecule has 0 radical (unpaired) electrons. The zero-order valence-corrected chi connectivity index (χ0v) is 12.2. The smallest absolute Gasteiger partial charge is 0.356 e. The fourth-order valence-electron chi connectivity index (χ4n) is 2.84. The van der Waals surface area contributed by atoms with E-state index in [1.54, 1.807) is 24.4 Å². The van der Waals surface area contributed by atoms with Gasteiger partial charge in [-0.3, -0.25) is 0 Å². The van der Waals surface area contributed by atoms with E-state index in [4.69, 9.17) is 4.74 Å². The second kappa shape index (κ2) is 5.85. The summed E-state index contributed by atoms with van der Waals surface area (Å²) in [6.45, 7) is 0.635. The number of hydrogen-bond donors (Lipinski definition) is 0. The van der Waals surface area contributed by atoms with Gasteiger partial charge in [-0.1, -0.05) is 18.2 Å². The van der Waals surface area contributed by atoms with Crippen LogP contribution in [0.25, 0.3) is 0 Å². The number of carbonyl (C=O) groups is 1. The van der Waals surface area contributed by atoms with Crippen molar-refractivity contribution in [2.75, 3.05) is 13.7 Å². The van der Waals surface area contributed by atoms with Crippen LogP contribution in [-0.2, 0) is 15.1 Å². The van der Waals surface area contributed by atoms with Gasteiger partial charge in [0.1, 0.15) is 17.1 Å². The quantitative estimate of drug-likeness (QED) is 0.818. The van der Waals surface area contributed by atoms with Gasteiger partial charge in [-0.25, -0.2) is 14.2 Å². The van der Waals surface area contributed by atoms with Crippen LogP contribution in [0, 0.1) is 5.82 Å². The van der Waals surface area contributed by atoms with Gasteiger partial charge >= 0.3 is 5.97 Å². The third kappa shape index (κ3) is 2.48. The number of methoxy groups -OCH3 is 1. The summed E-state index contributed by atoms with van der Waals surface area (Å²) in [5, 5.41) is 0. The first-order valence-corrected chi connectivity index (χ1v) is 7.10. The molecular formula is C17H16FNO3. The number of carbonyl (C=O) groups excluding carboxylic acids is 1. The Balaban J connectivity index is 2.00. The predicted octanol–water partition coefficient (Wildman–Crippen LogP) is 3.06. The van der Waals surface area contributed by atoms with Gasteiger partial charge in [-0.15, -0.1) is 0 Å². The second-order valence-electron chi connectivity index (χ2n) is 5.21. The van der Waals surface area contributed by atoms with Crippen LogP contribution in [0.5, 0.6) is 0 Å². The molecule has 1 saturated heterocycles. The van der Waals surface area contributed by atoms with Gasteiger partial charge in [0.2, 0.25) is 0 Å². The van der Waals surface area contributed by atoms with Crippen LogP contribution < -0.4 is 0 Å². The van der Waals surface area contributed by atoms with E-state index in [2.05, 4.69) is 9.72 Å². The largest absolute Gasteiger partial charge is 0.464 e. The van der Waals surface area contributed by atoms with Gasteiger partial charge in [0.05, 0.1) is 7.11 Å². The molecular weight excluding hydrogens is 285 g/mol. The molecule has 114 valence electrons. The van der Waals surface area contributed by atoms with E-state index in [0.29, 0.717) is 6.61 Å². The van der Waals surface area contributed by atoms with E-state index < -0.39 is 11.6 Å². The second-order valence-corrected chi connectivity index (χ2v) is 5.21. The molecule has 0 bridgehead atoms. The normalized spacial score (nSPS) is 20.8. The summed E-state index contributed by atoms with van der Waals surface area (Å²) in [5.74, 6) is -0.759. The Morgan fingerprint density at radius 2 is 1.95 bits per heavy atom. The van der Waals surface area contributed by atoms with Gasteiger partial charge in [-0.05, 0) is 36.6 Å². The molecule has 1 aromatic carbocycles. The molecule has 0 N–H and O–H groups in total. The van der Waals surface area contributed by atoms with Crippen molar-refractivity contribution in [3.8, 4) is 0 Å². The minimum Gasteiger partial charge on any atom is -0.464 e. The Morgan fingerprint density at radius 3 is 2.50 bits per heavy atom. The summed E-state index contributed by atoms with van der Waals surface area (Å²) in [5.41, 5.74) is 1.36. The average molecular weight is 301 g/mol. The number of hydrogen-bond acceptors (Lipinski definition) is 4. The first-order valence-electron chi connectivity index (χ1n) is 7.10. The maximum Gasteiger partial charge on any atom is 0.356 e. The Morgan fingerprint density at radius 1 is 1.23 bits per heavy atom. The molecule has 1 aliphatic heterocycles. The van der Waals surface area contributed by atoms with Crippen molar-refractivity contribution in [3.63, 3.8) is 0 Å². The molecule has 1 fully saturated rings. The van der Waals surface area contributed by atoms with Crippen LogP contribution >= 0.6 is 0 Å². The molecule has 3 rings (SSSR count). The number of esters is 1. The third-order valence-corrected chi connectivity index (χ3v) is 3.96. The topological polar surface area (TPSA) is 48.4 Å². The zero-order chi connectivity index (χ0) is 15.6. The first kappa shape index (κ1) is 14.7. The van der Waals surface area contributed by atoms with Crippen LogP contribution in [0.3, 0.4) is 0 Å². The van der Waals surface area contributed by atoms with Crippen LogP contribution in [-0.4, -0.2) is 24.7 Å². The van der Waals surface area contributed by atoms with Gasteiger partial charge in [0.15, 0.2) is 0 Å². The fourth-order valence-corrected chi connectivity index (χ4v) is 2.84. The Kier molecular flexibility index (Phi) is 3.90. The minimum atomic E-state index is -0.630. The highest BCUT2D eigenvalue weighted by Gasteiger charge is 2.39. The highest BCUT2D eigenvalue weighted by atomic mass is 19.1. The van der Waals surface area contributed by atoms with E-state index in [1.165, 1.54) is 19.2 Å². The lowest BCUT2D eigenvalue weighted by Gasteiger charge is -2.29. The minimum absolute atomic E-state index is 0.249. The Hall–Kier alpha value is -2.27. The van der Waals surface area contributed by atoms with Gasteiger partial charge in [-0.2, -0.15) is 0 Å². The SMILES string of the molecule is COC(=O)c1ccc(C2(c3ccc(F)cc3)CCCO2)cn1. The molecule has 0 aliphatic carbocycles. The molecule has 1 unspecified atom stereocenters. The number of benzene rings is 1. The number of aromatic nitrogens is 1. The van der Waals surface area contributed by atoms with Crippen molar-refractivity contribution in [2.45, 2.75) is 18.4 Å². The zero-order valence-electron chi connectivity index (χ0n) is 12.2. The van der Waals surface area contributed by atoms with Crippen molar-refractivity contribution in [1.29, 1.82) is 0 Å². The van der Waals surface area contributed by atoms with Crippen molar-refractivity contribution in [1.82, 2.24) is 4.98 Å². The monoisotopic (exact) mass is 301 g/mol. The molecule has 22 heavy (non-hydrogen) atoms. The van der Waals surface area contributed by atoms with Gasteiger partial charge in [0, 0.05) is 18.4 Å². The summed E-state index contributed by atoms with van der Waals surface area (Å²) in [6, 6.07) is 9.75. The van der Waals surface area contributed by atoms with Crippen LogP contribution in [0.15, 0.2) is 42.6 Å². The van der Waals surface area contributed by atoms with E-state index in [9.17, 15) is 9.18 Å². The summed E-state index contributed by atoms with van der Waals surface area (Å²) in [7, 11) is 1.32. The summed E-state index contributed by atoms with van der Waals surface area (Å²) in [4.78, 5) is 15.6. The van der Waals surface area contributed by atoms with Crippen molar-refractivity contribution in [3.05, 3.63) is 65.2 Å². The van der Waals surface area contributed by atoms with Crippen molar-refractivity contribution < 1.29 is 18.7 Å². The Bertz CT molecular complexity index is 661. The molecule has 1 aromatic heterocycles. The first-order chi connectivity index (χ1) is 10.7. The maximum absolute atomic E-state index is 13.2. The van der Waals surface area contributed by atoms with Gasteiger partial charge in [0.25, 0.3) is 0 Å². The van der Waals surface area contributed by atoms with E-state index >= 15 is 0 Å². The van der Waals surface area contributed by atoms with E-state index in [1.807, 2.05) is 6.07 Å². The average Bonchev–Trinajstić information content (AvgIpc) is 3.06. The number of rotatable bonds is 3. The molecule has 2 heterocycles. The molecule has 4 nitrogen and oxygen atoms in total. The summed E-state index contributed by atoms with van der Waals surface area (Å²) >= 11 is 0. The highest BCUT2D eigenvalue weighted by Crippen LogP contribution is 2.41. The van der Waals surface area contributed by atoms with E-state index in [0.717, 1.165) is 24.0 Å². The van der Waals surface area contributed by atoms with Crippen molar-refractivity contribution in [2.24, 2.45) is 0 Å². The Labute approximate surface area is 127 Å². The number of pyridine rings is 1. The molecule has 2 aromatic rings. The van der Waals surface area contributed by atoms with Crippen molar-refractivity contribution >= 4 is 5.97 Å². The van der Waals surface area contributed by atoms with Gasteiger partial charge < -0.3 is 9.47 Å².